The molecule has 2 atom stereocenters. The average Bonchev–Trinajstić information content (AvgIpc) is 2.76. The first-order valence-corrected chi connectivity index (χ1v) is 7.04. The zero-order chi connectivity index (χ0) is 11.5. The summed E-state index contributed by atoms with van der Waals surface area (Å²) in [6, 6.07) is 0.289. The molecule has 3 nitrogen and oxygen atoms in total. The normalized spacial score (nSPS) is 24.6. The molecular weight excluding hydrogens is 244 g/mol. The Hall–Kier alpha value is -0.160. The molecule has 0 aromatic carbocycles. The average molecular weight is 261 g/mol. The summed E-state index contributed by atoms with van der Waals surface area (Å²) in [5, 5.41) is 12.8. The van der Waals surface area contributed by atoms with Crippen molar-refractivity contribution in [2.24, 2.45) is 0 Å². The molecule has 1 saturated heterocycles. The fraction of sp³-hybridized carbons (Fsp3) is 0.727. The van der Waals surface area contributed by atoms with Crippen molar-refractivity contribution in [2.45, 2.75) is 37.8 Å². The van der Waals surface area contributed by atoms with Crippen molar-refractivity contribution >= 4 is 22.9 Å². The predicted octanol–water partition coefficient (Wildman–Crippen LogP) is 2.40. The van der Waals surface area contributed by atoms with E-state index < -0.39 is 0 Å². The quantitative estimate of drug-likeness (QED) is 0.848. The molecule has 1 aromatic heterocycles. The van der Waals surface area contributed by atoms with E-state index in [0.717, 1.165) is 36.6 Å². The van der Waals surface area contributed by atoms with Crippen LogP contribution in [0.25, 0.3) is 0 Å². The third-order valence-electron chi connectivity index (χ3n) is 3.04. The minimum atomic E-state index is -0.177. The molecule has 1 aliphatic rings. The minimum Gasteiger partial charge on any atom is -0.392 e. The number of alkyl halides is 1. The zero-order valence-electron chi connectivity index (χ0n) is 9.40. The molecule has 2 unspecified atom stereocenters. The van der Waals surface area contributed by atoms with Crippen LogP contribution in [-0.4, -0.2) is 34.2 Å². The third-order valence-corrected chi connectivity index (χ3v) is 4.38. The number of thiazole rings is 1. The van der Waals surface area contributed by atoms with Crippen molar-refractivity contribution in [1.29, 1.82) is 0 Å². The number of halogens is 1. The van der Waals surface area contributed by atoms with Crippen LogP contribution in [0.15, 0.2) is 5.38 Å². The van der Waals surface area contributed by atoms with Gasteiger partial charge in [-0.1, -0.05) is 0 Å². The maximum absolute atomic E-state index is 9.65. The molecule has 1 aromatic rings. The van der Waals surface area contributed by atoms with Crippen LogP contribution in [0.4, 0.5) is 0 Å². The second-order valence-electron chi connectivity index (χ2n) is 4.28. The van der Waals surface area contributed by atoms with Crippen molar-refractivity contribution in [3.8, 4) is 0 Å². The lowest BCUT2D eigenvalue weighted by atomic mass is 10.1. The highest BCUT2D eigenvalue weighted by molar-refractivity contribution is 7.09. The van der Waals surface area contributed by atoms with Crippen LogP contribution in [-0.2, 0) is 5.88 Å². The molecule has 1 fully saturated rings. The number of nitrogens with zero attached hydrogens (tertiary/aromatic N) is 2. The molecule has 0 saturated carbocycles. The standard InChI is InChI=1S/C11H17ClN2OS/c1-8(11-13-9(5-12)7-16-11)14-4-2-3-10(15)6-14/h7-8,10,15H,2-6H2,1H3. The molecule has 2 rings (SSSR count). The number of rotatable bonds is 3. The summed E-state index contributed by atoms with van der Waals surface area (Å²) >= 11 is 7.40. The van der Waals surface area contributed by atoms with Crippen LogP contribution in [0.5, 0.6) is 0 Å². The first-order chi connectivity index (χ1) is 7.70. The van der Waals surface area contributed by atoms with Gasteiger partial charge in [0.1, 0.15) is 5.01 Å². The Labute approximate surface area is 105 Å². The number of likely N-dealkylation sites (tertiary alicyclic amines) is 1. The van der Waals surface area contributed by atoms with E-state index in [9.17, 15) is 5.11 Å². The van der Waals surface area contributed by atoms with E-state index in [1.165, 1.54) is 0 Å². The largest absolute Gasteiger partial charge is 0.392 e. The van der Waals surface area contributed by atoms with E-state index in [1.54, 1.807) is 11.3 Å². The Bertz CT molecular complexity index is 344. The van der Waals surface area contributed by atoms with Crippen molar-refractivity contribution in [3.63, 3.8) is 0 Å². The van der Waals surface area contributed by atoms with E-state index in [0.29, 0.717) is 5.88 Å². The van der Waals surface area contributed by atoms with Gasteiger partial charge in [-0.05, 0) is 26.3 Å². The highest BCUT2D eigenvalue weighted by Crippen LogP contribution is 2.27. The molecule has 1 aliphatic heterocycles. The van der Waals surface area contributed by atoms with Crippen molar-refractivity contribution < 1.29 is 5.11 Å². The first-order valence-electron chi connectivity index (χ1n) is 5.63. The highest BCUT2D eigenvalue weighted by Gasteiger charge is 2.24. The van der Waals surface area contributed by atoms with Crippen LogP contribution in [0.1, 0.15) is 36.5 Å². The highest BCUT2D eigenvalue weighted by atomic mass is 35.5. The molecule has 5 heteroatoms. The summed E-state index contributed by atoms with van der Waals surface area (Å²) in [6.07, 6.45) is 1.82. The fourth-order valence-corrected chi connectivity index (χ4v) is 3.20. The topological polar surface area (TPSA) is 36.4 Å². The summed E-state index contributed by atoms with van der Waals surface area (Å²) in [7, 11) is 0. The van der Waals surface area contributed by atoms with Gasteiger partial charge in [-0.15, -0.1) is 22.9 Å². The molecule has 0 aliphatic carbocycles. The van der Waals surface area contributed by atoms with E-state index in [4.69, 9.17) is 11.6 Å². The van der Waals surface area contributed by atoms with Gasteiger partial charge >= 0.3 is 0 Å². The maximum Gasteiger partial charge on any atom is 0.110 e. The number of β-amino-alcohol motifs (C(OH)–C–C–N with tert-alkyl or cyclic N) is 1. The van der Waals surface area contributed by atoms with Gasteiger partial charge in [0.15, 0.2) is 0 Å². The summed E-state index contributed by atoms with van der Waals surface area (Å²) < 4.78 is 0. The summed E-state index contributed by atoms with van der Waals surface area (Å²) in [6.45, 7) is 3.96. The Kier molecular flexibility index (Phi) is 4.19. The van der Waals surface area contributed by atoms with E-state index >= 15 is 0 Å². The summed E-state index contributed by atoms with van der Waals surface area (Å²) in [5.74, 6) is 0.478. The zero-order valence-corrected chi connectivity index (χ0v) is 11.0. The number of aliphatic hydroxyl groups is 1. The summed E-state index contributed by atoms with van der Waals surface area (Å²) in [4.78, 5) is 6.79. The predicted molar refractivity (Wildman–Crippen MR) is 66.9 cm³/mol. The van der Waals surface area contributed by atoms with Gasteiger partial charge in [0.2, 0.25) is 0 Å². The lowest BCUT2D eigenvalue weighted by Gasteiger charge is -2.33. The lowest BCUT2D eigenvalue weighted by molar-refractivity contribution is 0.0503. The van der Waals surface area contributed by atoms with Gasteiger partial charge in [-0.25, -0.2) is 4.98 Å². The van der Waals surface area contributed by atoms with Gasteiger partial charge < -0.3 is 5.11 Å². The number of hydrogen-bond acceptors (Lipinski definition) is 4. The number of piperidine rings is 1. The lowest BCUT2D eigenvalue weighted by Crippen LogP contribution is -2.39. The first kappa shape index (κ1) is 12.3. The molecule has 16 heavy (non-hydrogen) atoms. The van der Waals surface area contributed by atoms with Gasteiger partial charge in [-0.2, -0.15) is 0 Å². The number of aliphatic hydroxyl groups excluding tert-OH is 1. The van der Waals surface area contributed by atoms with Crippen LogP contribution in [0.2, 0.25) is 0 Å². The molecule has 0 bridgehead atoms. The minimum absolute atomic E-state index is 0.177. The fourth-order valence-electron chi connectivity index (χ4n) is 2.07. The van der Waals surface area contributed by atoms with Crippen molar-refractivity contribution in [3.05, 3.63) is 16.1 Å². The van der Waals surface area contributed by atoms with E-state index in [1.807, 2.05) is 5.38 Å². The third kappa shape index (κ3) is 2.74. The Balaban J connectivity index is 2.02. The van der Waals surface area contributed by atoms with Gasteiger partial charge in [0.25, 0.3) is 0 Å². The molecule has 0 radical (unpaired) electrons. The van der Waals surface area contributed by atoms with Crippen LogP contribution >= 0.6 is 22.9 Å². The number of hydrogen-bond donors (Lipinski definition) is 1. The number of aromatic nitrogens is 1. The van der Waals surface area contributed by atoms with Crippen LogP contribution in [0.3, 0.4) is 0 Å². The molecule has 1 N–H and O–H groups in total. The summed E-state index contributed by atoms with van der Waals surface area (Å²) in [5.41, 5.74) is 0.950. The van der Waals surface area contributed by atoms with Crippen LogP contribution in [0, 0.1) is 0 Å². The van der Waals surface area contributed by atoms with Crippen molar-refractivity contribution in [2.75, 3.05) is 13.1 Å². The Morgan fingerprint density at radius 3 is 3.19 bits per heavy atom. The Morgan fingerprint density at radius 2 is 2.56 bits per heavy atom. The Morgan fingerprint density at radius 1 is 1.75 bits per heavy atom. The molecule has 90 valence electrons. The SMILES string of the molecule is CC(c1nc(CCl)cs1)N1CCCC(O)C1. The smallest absolute Gasteiger partial charge is 0.110 e. The van der Waals surface area contributed by atoms with E-state index in [2.05, 4.69) is 16.8 Å². The van der Waals surface area contributed by atoms with E-state index in [-0.39, 0.29) is 12.1 Å². The van der Waals surface area contributed by atoms with Gasteiger partial charge in [0.05, 0.1) is 23.7 Å². The molecule has 0 spiro atoms. The van der Waals surface area contributed by atoms with Gasteiger partial charge in [-0.3, -0.25) is 4.90 Å². The van der Waals surface area contributed by atoms with Crippen LogP contribution < -0.4 is 0 Å². The molecule has 0 amide bonds. The second-order valence-corrected chi connectivity index (χ2v) is 5.43. The maximum atomic E-state index is 9.65. The second kappa shape index (κ2) is 5.45. The van der Waals surface area contributed by atoms with Crippen molar-refractivity contribution in [1.82, 2.24) is 9.88 Å². The monoisotopic (exact) mass is 260 g/mol. The van der Waals surface area contributed by atoms with Gasteiger partial charge in [0, 0.05) is 11.9 Å². The molecule has 2 heterocycles. The molecular formula is C11H17ClN2OS.